The zero-order valence-corrected chi connectivity index (χ0v) is 7.57. The highest BCUT2D eigenvalue weighted by Gasteiger charge is 1.90. The van der Waals surface area contributed by atoms with E-state index in [9.17, 15) is 0 Å². The summed E-state index contributed by atoms with van der Waals surface area (Å²) in [6, 6.07) is 10.4. The number of hydrogen-bond acceptors (Lipinski definition) is 2. The lowest BCUT2D eigenvalue weighted by Crippen LogP contribution is -1.80. The zero-order chi connectivity index (χ0) is 7.94. The maximum Gasteiger partial charge on any atom is 0.135 e. The van der Waals surface area contributed by atoms with Crippen LogP contribution in [0.3, 0.4) is 0 Å². The van der Waals surface area contributed by atoms with E-state index in [1.807, 2.05) is 18.2 Å². The summed E-state index contributed by atoms with van der Waals surface area (Å²) in [4.78, 5) is 0. The van der Waals surface area contributed by atoms with E-state index in [0.717, 1.165) is 5.75 Å². The molecule has 0 radical (unpaired) electrons. The number of rotatable bonds is 4. The standard InChI is InChI=1S/C8H9ClOS/c9-7-10-11-6-8-4-2-1-3-5-8/h1-5H,6-7H2. The summed E-state index contributed by atoms with van der Waals surface area (Å²) in [5.41, 5.74) is 1.25. The van der Waals surface area contributed by atoms with Gasteiger partial charge < -0.3 is 0 Å². The Balaban J connectivity index is 2.28. The molecule has 0 fully saturated rings. The van der Waals surface area contributed by atoms with E-state index in [4.69, 9.17) is 15.8 Å². The van der Waals surface area contributed by atoms with Gasteiger partial charge in [0.25, 0.3) is 0 Å². The van der Waals surface area contributed by atoms with Gasteiger partial charge in [0.1, 0.15) is 6.07 Å². The smallest absolute Gasteiger partial charge is 0.135 e. The van der Waals surface area contributed by atoms with Crippen LogP contribution >= 0.6 is 23.6 Å². The van der Waals surface area contributed by atoms with Crippen molar-refractivity contribution in [3.8, 4) is 0 Å². The predicted molar refractivity (Wildman–Crippen MR) is 49.5 cm³/mol. The molecule has 0 aliphatic carbocycles. The van der Waals surface area contributed by atoms with Gasteiger partial charge in [-0.1, -0.05) is 41.9 Å². The number of halogens is 1. The molecule has 0 aromatic heterocycles. The first-order chi connectivity index (χ1) is 5.43. The second-order valence-electron chi connectivity index (χ2n) is 1.97. The SMILES string of the molecule is ClCOSCc1ccccc1. The Bertz CT molecular complexity index is 191. The number of alkyl halides is 1. The normalized spacial score (nSPS) is 9.91. The molecule has 0 saturated heterocycles. The molecular weight excluding hydrogens is 180 g/mol. The summed E-state index contributed by atoms with van der Waals surface area (Å²) in [6.07, 6.45) is 0. The van der Waals surface area contributed by atoms with E-state index in [0.29, 0.717) is 0 Å². The number of hydrogen-bond donors (Lipinski definition) is 0. The van der Waals surface area contributed by atoms with Crippen LogP contribution in [0.4, 0.5) is 0 Å². The van der Waals surface area contributed by atoms with Crippen LogP contribution < -0.4 is 0 Å². The summed E-state index contributed by atoms with van der Waals surface area (Å²) in [5, 5.41) is 0. The Labute approximate surface area is 75.9 Å². The molecule has 1 aromatic rings. The second kappa shape index (κ2) is 5.47. The maximum absolute atomic E-state index is 5.32. The maximum atomic E-state index is 5.32. The van der Waals surface area contributed by atoms with Crippen LogP contribution in [0.15, 0.2) is 30.3 Å². The van der Waals surface area contributed by atoms with E-state index in [1.54, 1.807) is 0 Å². The molecule has 0 N–H and O–H groups in total. The van der Waals surface area contributed by atoms with Crippen molar-refractivity contribution in [3.63, 3.8) is 0 Å². The van der Waals surface area contributed by atoms with Gasteiger partial charge in [-0.15, -0.1) is 0 Å². The van der Waals surface area contributed by atoms with E-state index < -0.39 is 0 Å². The molecule has 0 heterocycles. The molecule has 1 aromatic carbocycles. The minimum Gasteiger partial charge on any atom is -0.299 e. The van der Waals surface area contributed by atoms with E-state index in [1.165, 1.54) is 17.6 Å². The Morgan fingerprint density at radius 2 is 2.00 bits per heavy atom. The molecule has 0 aliphatic heterocycles. The van der Waals surface area contributed by atoms with Crippen LogP contribution in [0, 0.1) is 0 Å². The summed E-state index contributed by atoms with van der Waals surface area (Å²) >= 11 is 6.70. The van der Waals surface area contributed by atoms with Gasteiger partial charge in [-0.3, -0.25) is 4.18 Å². The third-order valence-electron chi connectivity index (χ3n) is 1.20. The van der Waals surface area contributed by atoms with Crippen LogP contribution in [0.25, 0.3) is 0 Å². The Hall–Kier alpha value is -0.180. The zero-order valence-electron chi connectivity index (χ0n) is 6.00. The highest BCUT2D eigenvalue weighted by atomic mass is 35.5. The summed E-state index contributed by atoms with van der Waals surface area (Å²) in [5.74, 6) is 0.855. The Morgan fingerprint density at radius 3 is 2.64 bits per heavy atom. The molecule has 0 aliphatic rings. The van der Waals surface area contributed by atoms with Crippen molar-refractivity contribution in [2.75, 3.05) is 6.07 Å². The van der Waals surface area contributed by atoms with Crippen molar-refractivity contribution in [2.24, 2.45) is 0 Å². The molecule has 0 bridgehead atoms. The lowest BCUT2D eigenvalue weighted by atomic mass is 10.2. The Kier molecular flexibility index (Phi) is 4.43. The van der Waals surface area contributed by atoms with Crippen molar-refractivity contribution < 1.29 is 4.18 Å². The molecular formula is C8H9ClOS. The monoisotopic (exact) mass is 188 g/mol. The molecule has 0 spiro atoms. The van der Waals surface area contributed by atoms with Crippen LogP contribution in [-0.2, 0) is 9.94 Å². The van der Waals surface area contributed by atoms with Crippen molar-refractivity contribution in [1.82, 2.24) is 0 Å². The van der Waals surface area contributed by atoms with Gasteiger partial charge in [-0.25, -0.2) is 0 Å². The first-order valence-corrected chi connectivity index (χ1v) is 4.72. The van der Waals surface area contributed by atoms with Gasteiger partial charge >= 0.3 is 0 Å². The third kappa shape index (κ3) is 3.65. The molecule has 3 heteroatoms. The quantitative estimate of drug-likeness (QED) is 0.408. The number of benzene rings is 1. The van der Waals surface area contributed by atoms with E-state index in [2.05, 4.69) is 12.1 Å². The third-order valence-corrected chi connectivity index (χ3v) is 2.17. The first-order valence-electron chi connectivity index (χ1n) is 3.28. The summed E-state index contributed by atoms with van der Waals surface area (Å²) in [6.45, 7) is 0. The minimum atomic E-state index is 0.248. The van der Waals surface area contributed by atoms with Crippen LogP contribution in [0.1, 0.15) is 5.56 Å². The molecule has 0 unspecified atom stereocenters. The van der Waals surface area contributed by atoms with Crippen molar-refractivity contribution in [3.05, 3.63) is 35.9 Å². The minimum absolute atomic E-state index is 0.248. The molecule has 60 valence electrons. The van der Waals surface area contributed by atoms with Gasteiger partial charge in [0.15, 0.2) is 0 Å². The fourth-order valence-corrected chi connectivity index (χ4v) is 1.38. The molecule has 1 nitrogen and oxygen atoms in total. The summed E-state index contributed by atoms with van der Waals surface area (Å²) < 4.78 is 4.92. The second-order valence-corrected chi connectivity index (χ2v) is 2.95. The van der Waals surface area contributed by atoms with Crippen molar-refractivity contribution in [2.45, 2.75) is 5.75 Å². The van der Waals surface area contributed by atoms with Gasteiger partial charge in [-0.2, -0.15) is 0 Å². The summed E-state index contributed by atoms with van der Waals surface area (Å²) in [7, 11) is 0. The van der Waals surface area contributed by atoms with Crippen LogP contribution in [0.2, 0.25) is 0 Å². The fourth-order valence-electron chi connectivity index (χ4n) is 0.715. The van der Waals surface area contributed by atoms with Gasteiger partial charge in [0.2, 0.25) is 0 Å². The molecule has 11 heavy (non-hydrogen) atoms. The first kappa shape index (κ1) is 8.91. The largest absolute Gasteiger partial charge is 0.299 e. The lowest BCUT2D eigenvalue weighted by Gasteiger charge is -1.97. The average Bonchev–Trinajstić information content (AvgIpc) is 2.07. The van der Waals surface area contributed by atoms with Gasteiger partial charge in [0, 0.05) is 5.75 Å². The topological polar surface area (TPSA) is 9.23 Å². The molecule has 0 atom stereocenters. The Morgan fingerprint density at radius 1 is 1.27 bits per heavy atom. The predicted octanol–water partition coefficient (Wildman–Crippen LogP) is 3.05. The van der Waals surface area contributed by atoms with E-state index in [-0.39, 0.29) is 6.07 Å². The van der Waals surface area contributed by atoms with Gasteiger partial charge in [-0.05, 0) is 17.6 Å². The van der Waals surface area contributed by atoms with E-state index >= 15 is 0 Å². The molecule has 1 rings (SSSR count). The van der Waals surface area contributed by atoms with Crippen LogP contribution in [-0.4, -0.2) is 6.07 Å². The fraction of sp³-hybridized carbons (Fsp3) is 0.250. The highest BCUT2D eigenvalue weighted by molar-refractivity contribution is 7.93. The van der Waals surface area contributed by atoms with Gasteiger partial charge in [0.05, 0.1) is 0 Å². The van der Waals surface area contributed by atoms with Crippen LogP contribution in [0.5, 0.6) is 0 Å². The van der Waals surface area contributed by atoms with Crippen molar-refractivity contribution in [1.29, 1.82) is 0 Å². The average molecular weight is 189 g/mol. The molecule has 0 amide bonds. The van der Waals surface area contributed by atoms with Crippen molar-refractivity contribution >= 4 is 23.6 Å². The highest BCUT2D eigenvalue weighted by Crippen LogP contribution is 2.12. The molecule has 0 saturated carbocycles. The lowest BCUT2D eigenvalue weighted by molar-refractivity contribution is 0.458.